The van der Waals surface area contributed by atoms with E-state index >= 15 is 13.2 Å². The largest absolute Gasteiger partial charge is 0.468 e. The van der Waals surface area contributed by atoms with Gasteiger partial charge in [0.25, 0.3) is 6.43 Å². The third kappa shape index (κ3) is 5.98. The number of anilines is 1. The van der Waals surface area contributed by atoms with Crippen molar-refractivity contribution in [3.8, 4) is 22.9 Å². The molecule has 3 aliphatic rings. The number of fused-ring (bicyclic) bond motifs is 3. The Morgan fingerprint density at radius 2 is 1.82 bits per heavy atom. The first-order valence-electron chi connectivity index (χ1n) is 16.8. The van der Waals surface area contributed by atoms with Crippen molar-refractivity contribution < 1.29 is 45.7 Å². The highest BCUT2D eigenvalue weighted by Gasteiger charge is 2.49. The maximum Gasteiger partial charge on any atom is 0.319 e. The molecule has 1 N–H and O–H groups in total. The molecule has 1 aromatic heterocycles. The maximum absolute atomic E-state index is 17.1. The fraction of sp³-hybridized carbons (Fsp3) is 0.500. The van der Waals surface area contributed by atoms with Gasteiger partial charge in [-0.3, -0.25) is 4.90 Å². The van der Waals surface area contributed by atoms with E-state index in [1.54, 1.807) is 13.0 Å². The van der Waals surface area contributed by atoms with E-state index in [4.69, 9.17) is 14.2 Å². The normalized spacial score (nSPS) is 24.1. The summed E-state index contributed by atoms with van der Waals surface area (Å²) < 4.78 is 108. The molecule has 8 nitrogen and oxygen atoms in total. The van der Waals surface area contributed by atoms with E-state index in [1.165, 1.54) is 30.2 Å². The lowest BCUT2D eigenvalue weighted by Crippen LogP contribution is -2.53. The van der Waals surface area contributed by atoms with Crippen molar-refractivity contribution >= 4 is 27.5 Å². The zero-order valence-electron chi connectivity index (χ0n) is 27.8. The molecule has 50 heavy (non-hydrogen) atoms. The van der Waals surface area contributed by atoms with E-state index in [0.29, 0.717) is 18.4 Å². The molecule has 0 saturated carbocycles. The topological polar surface area (TPSA) is 80.2 Å². The van der Waals surface area contributed by atoms with Crippen molar-refractivity contribution in [2.75, 3.05) is 51.6 Å². The van der Waals surface area contributed by atoms with E-state index < -0.39 is 53.3 Å². The van der Waals surface area contributed by atoms with E-state index in [-0.39, 0.29) is 97.2 Å². The van der Waals surface area contributed by atoms with Crippen LogP contribution in [0.25, 0.3) is 32.8 Å². The lowest BCUT2D eigenvalue weighted by atomic mass is 9.91. The Morgan fingerprint density at radius 1 is 1.02 bits per heavy atom. The molecule has 0 aliphatic carbocycles. The fourth-order valence-corrected chi connectivity index (χ4v) is 8.02. The lowest BCUT2D eigenvalue weighted by molar-refractivity contribution is -0.102. The predicted molar refractivity (Wildman–Crippen MR) is 175 cm³/mol. The van der Waals surface area contributed by atoms with Crippen LogP contribution in [0, 0.1) is 17.5 Å². The Bertz CT molecular complexity index is 1930. The lowest BCUT2D eigenvalue weighted by Gasteiger charge is -2.39. The maximum atomic E-state index is 17.1. The molecule has 3 saturated heterocycles. The third-order valence-electron chi connectivity index (χ3n) is 10.4. The van der Waals surface area contributed by atoms with Crippen LogP contribution >= 0.6 is 0 Å². The van der Waals surface area contributed by atoms with Crippen molar-refractivity contribution in [2.45, 2.75) is 69.2 Å². The van der Waals surface area contributed by atoms with Gasteiger partial charge in [-0.2, -0.15) is 9.97 Å². The number of hydrogen-bond acceptors (Lipinski definition) is 8. The molecule has 0 radical (unpaired) electrons. The highest BCUT2D eigenvalue weighted by atomic mass is 19.3. The van der Waals surface area contributed by atoms with Gasteiger partial charge in [-0.1, -0.05) is 13.0 Å². The summed E-state index contributed by atoms with van der Waals surface area (Å²) in [4.78, 5) is 12.2. The number of halogens is 6. The average Bonchev–Trinajstić information content (AvgIpc) is 3.62. The number of benzene rings is 3. The van der Waals surface area contributed by atoms with Crippen LogP contribution in [0.4, 0.5) is 32.2 Å². The highest BCUT2D eigenvalue weighted by Crippen LogP contribution is 2.44. The molecule has 14 heteroatoms. The first-order chi connectivity index (χ1) is 24.0. The van der Waals surface area contributed by atoms with Crippen LogP contribution in [0.3, 0.4) is 0 Å². The van der Waals surface area contributed by atoms with Crippen molar-refractivity contribution in [2.24, 2.45) is 0 Å². The van der Waals surface area contributed by atoms with Gasteiger partial charge in [0.2, 0.25) is 0 Å². The minimum absolute atomic E-state index is 0.00231. The smallest absolute Gasteiger partial charge is 0.319 e. The van der Waals surface area contributed by atoms with Crippen LogP contribution in [-0.2, 0) is 11.2 Å². The molecule has 268 valence electrons. The van der Waals surface area contributed by atoms with Crippen molar-refractivity contribution in [1.82, 2.24) is 14.9 Å². The third-order valence-corrected chi connectivity index (χ3v) is 10.4. The Kier molecular flexibility index (Phi) is 9.23. The number of rotatable bonds is 10. The van der Waals surface area contributed by atoms with Gasteiger partial charge in [-0.25, -0.2) is 26.3 Å². The Hall–Kier alpha value is -3.88. The second-order valence-electron chi connectivity index (χ2n) is 13.6. The SMILES string of the molecule is CCc1c(F)ccc2cc(OCOC)cc(-c3c(F)cc4c(N5CCCC(O)(C(F)F)C5)nc(OC[C@@]56CCCN5C[C@H](F)C6)nc4c3F)c12. The summed E-state index contributed by atoms with van der Waals surface area (Å²) in [6.07, 6.45) is -2.14. The van der Waals surface area contributed by atoms with Crippen molar-refractivity contribution in [3.63, 3.8) is 0 Å². The van der Waals surface area contributed by atoms with Crippen LogP contribution in [0.5, 0.6) is 11.8 Å². The minimum atomic E-state index is -3.08. The van der Waals surface area contributed by atoms with Crippen molar-refractivity contribution in [3.05, 3.63) is 53.3 Å². The van der Waals surface area contributed by atoms with Crippen LogP contribution < -0.4 is 14.4 Å². The number of aromatic nitrogens is 2. The van der Waals surface area contributed by atoms with E-state index in [0.717, 1.165) is 12.5 Å². The zero-order valence-corrected chi connectivity index (χ0v) is 27.8. The van der Waals surface area contributed by atoms with Gasteiger partial charge in [0.15, 0.2) is 12.6 Å². The number of β-amino-alcohol motifs (C(OH)–C–C–N with tert-alkyl or cyclic N) is 1. The van der Waals surface area contributed by atoms with Gasteiger partial charge in [-0.15, -0.1) is 0 Å². The summed E-state index contributed by atoms with van der Waals surface area (Å²) in [5.74, 6) is -2.57. The molecule has 7 rings (SSSR count). The second kappa shape index (κ2) is 13.3. The summed E-state index contributed by atoms with van der Waals surface area (Å²) >= 11 is 0. The van der Waals surface area contributed by atoms with Gasteiger partial charge in [-0.05, 0) is 84.8 Å². The van der Waals surface area contributed by atoms with Crippen LogP contribution in [0.1, 0.15) is 44.6 Å². The molecule has 3 fully saturated rings. The summed E-state index contributed by atoms with van der Waals surface area (Å²) in [6.45, 7) is 2.15. The van der Waals surface area contributed by atoms with E-state index in [9.17, 15) is 18.3 Å². The standard InChI is InChI=1S/C36H38F6N4O4/c1-3-23-26(38)7-6-20-12-22(50-19-48-2)13-24(28(20)23)29-27(39)14-25-31(30(29)40)43-34(49-18-35-8-4-11-46(35)16-21(37)15-35)44-32(25)45-10-5-9-36(47,17-45)33(41)42/h6-7,12-14,21,33,47H,3-5,8-11,15-19H2,1-2H3/t21-,35+,36?/m1/s1. The first kappa shape index (κ1) is 34.6. The number of piperidine rings is 1. The van der Waals surface area contributed by atoms with E-state index in [1.807, 2.05) is 4.90 Å². The number of aliphatic hydroxyl groups is 1. The van der Waals surface area contributed by atoms with Crippen LogP contribution in [0.15, 0.2) is 30.3 Å². The minimum Gasteiger partial charge on any atom is -0.468 e. The molecule has 0 amide bonds. The molecule has 3 atom stereocenters. The number of hydrogen-bond donors (Lipinski definition) is 1. The molecule has 0 bridgehead atoms. The van der Waals surface area contributed by atoms with E-state index in [2.05, 4.69) is 9.97 Å². The summed E-state index contributed by atoms with van der Waals surface area (Å²) in [6, 6.07) is 6.51. The molecule has 3 aliphatic heterocycles. The average molecular weight is 705 g/mol. The molecular weight excluding hydrogens is 666 g/mol. The predicted octanol–water partition coefficient (Wildman–Crippen LogP) is 6.96. The fourth-order valence-electron chi connectivity index (χ4n) is 8.02. The van der Waals surface area contributed by atoms with Gasteiger partial charge in [0, 0.05) is 32.0 Å². The zero-order chi connectivity index (χ0) is 35.4. The number of aryl methyl sites for hydroxylation is 1. The highest BCUT2D eigenvalue weighted by molar-refractivity contribution is 6.03. The molecule has 4 aromatic rings. The Balaban J connectivity index is 1.42. The van der Waals surface area contributed by atoms with Gasteiger partial charge < -0.3 is 24.2 Å². The summed E-state index contributed by atoms with van der Waals surface area (Å²) in [5, 5.41) is 11.4. The van der Waals surface area contributed by atoms with Crippen LogP contribution in [0.2, 0.25) is 0 Å². The van der Waals surface area contributed by atoms with Crippen LogP contribution in [-0.4, -0.2) is 90.4 Å². The molecular formula is C36H38F6N4O4. The van der Waals surface area contributed by atoms with Crippen molar-refractivity contribution in [1.29, 1.82) is 0 Å². The first-order valence-corrected chi connectivity index (χ1v) is 16.8. The Labute approximate surface area is 284 Å². The van der Waals surface area contributed by atoms with Gasteiger partial charge >= 0.3 is 6.01 Å². The van der Waals surface area contributed by atoms with Gasteiger partial charge in [0.1, 0.15) is 47.1 Å². The Morgan fingerprint density at radius 3 is 2.58 bits per heavy atom. The molecule has 4 heterocycles. The molecule has 1 unspecified atom stereocenters. The monoisotopic (exact) mass is 704 g/mol. The summed E-state index contributed by atoms with van der Waals surface area (Å²) in [5.41, 5.74) is -3.61. The van der Waals surface area contributed by atoms with Gasteiger partial charge in [0.05, 0.1) is 17.6 Å². The quantitative estimate of drug-likeness (QED) is 0.140. The molecule has 0 spiro atoms. The number of ether oxygens (including phenoxy) is 3. The number of nitrogens with zero attached hydrogens (tertiary/aromatic N) is 4. The number of alkyl halides is 3. The summed E-state index contributed by atoms with van der Waals surface area (Å²) in [7, 11) is 1.42. The number of methoxy groups -OCH3 is 1. The second-order valence-corrected chi connectivity index (χ2v) is 13.6. The molecule has 3 aromatic carbocycles.